The van der Waals surface area contributed by atoms with Gasteiger partial charge in [-0.1, -0.05) is 6.07 Å². The normalized spacial score (nSPS) is 14.2. The number of hydrogen-bond donors (Lipinski definition) is 2. The molecule has 1 aliphatic rings. The zero-order valence-electron chi connectivity index (χ0n) is 16.3. The number of hydrogen-bond acceptors (Lipinski definition) is 7. The molecule has 2 aromatic heterocycles. The van der Waals surface area contributed by atoms with Crippen molar-refractivity contribution < 1.29 is 28.6 Å². The minimum Gasteiger partial charge on any atom is -0.506 e. The molecule has 10 heteroatoms. The Hall–Kier alpha value is -3.53. The number of morpholine rings is 1. The van der Waals surface area contributed by atoms with Crippen molar-refractivity contribution >= 4 is 22.6 Å². The number of aromatic nitrogens is 2. The van der Waals surface area contributed by atoms with Crippen molar-refractivity contribution in [3.63, 3.8) is 0 Å². The standard InChI is InChI=1S/C21H19F2N3O5/c22-13-3-1-12(15(23)11-13)2-5-16(27)18-19(28)14-4-6-17(25-7-9-31-10-8-25)24-20(14)26(30)21(18)29/h1,3-4,6,11,28,30H,2,5,7-10H2. The number of rotatable bonds is 5. The number of aromatic hydroxyl groups is 1. The van der Waals surface area contributed by atoms with E-state index in [1.807, 2.05) is 4.90 Å². The van der Waals surface area contributed by atoms with Crippen LogP contribution in [0.25, 0.3) is 11.0 Å². The number of halogens is 2. The van der Waals surface area contributed by atoms with Crippen LogP contribution in [0.2, 0.25) is 0 Å². The van der Waals surface area contributed by atoms with Crippen molar-refractivity contribution in [1.82, 2.24) is 9.71 Å². The van der Waals surface area contributed by atoms with Gasteiger partial charge in [0.1, 0.15) is 28.8 Å². The molecule has 0 unspecified atom stereocenters. The lowest BCUT2D eigenvalue weighted by molar-refractivity contribution is 0.0972. The molecule has 1 saturated heterocycles. The highest BCUT2D eigenvalue weighted by Gasteiger charge is 2.24. The monoisotopic (exact) mass is 431 g/mol. The Morgan fingerprint density at radius 1 is 1.16 bits per heavy atom. The van der Waals surface area contributed by atoms with Crippen LogP contribution in [0.4, 0.5) is 14.6 Å². The van der Waals surface area contributed by atoms with Gasteiger partial charge in [-0.05, 0) is 30.2 Å². The highest BCUT2D eigenvalue weighted by Crippen LogP contribution is 2.28. The molecule has 0 aliphatic carbocycles. The SMILES string of the molecule is O=C(CCc1ccc(F)cc1F)c1c(O)c2ccc(N3CCOCC3)nc2n(O)c1=O. The maximum Gasteiger partial charge on any atom is 0.299 e. The van der Waals surface area contributed by atoms with Gasteiger partial charge >= 0.3 is 0 Å². The van der Waals surface area contributed by atoms with Crippen LogP contribution < -0.4 is 10.5 Å². The Morgan fingerprint density at radius 2 is 1.90 bits per heavy atom. The fourth-order valence-corrected chi connectivity index (χ4v) is 3.54. The van der Waals surface area contributed by atoms with Gasteiger partial charge in [-0.15, -0.1) is 4.73 Å². The third-order valence-electron chi connectivity index (χ3n) is 5.21. The molecule has 0 radical (unpaired) electrons. The predicted molar refractivity (Wildman–Crippen MR) is 107 cm³/mol. The van der Waals surface area contributed by atoms with E-state index < -0.39 is 34.3 Å². The largest absolute Gasteiger partial charge is 0.506 e. The van der Waals surface area contributed by atoms with Gasteiger partial charge in [0.05, 0.1) is 18.6 Å². The molecule has 0 atom stereocenters. The summed E-state index contributed by atoms with van der Waals surface area (Å²) < 4.78 is 32.3. The van der Waals surface area contributed by atoms with Crippen molar-refractivity contribution in [1.29, 1.82) is 0 Å². The first-order valence-corrected chi connectivity index (χ1v) is 9.64. The van der Waals surface area contributed by atoms with Crippen LogP contribution in [0.1, 0.15) is 22.3 Å². The van der Waals surface area contributed by atoms with Gasteiger partial charge in [-0.2, -0.15) is 0 Å². The predicted octanol–water partition coefficient (Wildman–Crippen LogP) is 2.27. The smallest absolute Gasteiger partial charge is 0.299 e. The van der Waals surface area contributed by atoms with E-state index in [2.05, 4.69) is 4.98 Å². The van der Waals surface area contributed by atoms with E-state index in [0.29, 0.717) is 38.2 Å². The molecule has 3 aromatic rings. The summed E-state index contributed by atoms with van der Waals surface area (Å²) in [5.41, 5.74) is -1.83. The highest BCUT2D eigenvalue weighted by atomic mass is 19.1. The van der Waals surface area contributed by atoms with Gasteiger partial charge in [-0.3, -0.25) is 9.59 Å². The van der Waals surface area contributed by atoms with Crippen molar-refractivity contribution in [2.24, 2.45) is 0 Å². The number of pyridine rings is 2. The van der Waals surface area contributed by atoms with Gasteiger partial charge in [0.25, 0.3) is 5.56 Å². The van der Waals surface area contributed by atoms with E-state index in [1.54, 1.807) is 6.07 Å². The number of fused-ring (bicyclic) bond motifs is 1. The van der Waals surface area contributed by atoms with Crippen LogP contribution in [0.15, 0.2) is 35.1 Å². The van der Waals surface area contributed by atoms with Crippen LogP contribution in [0.3, 0.4) is 0 Å². The number of ether oxygens (including phenoxy) is 1. The van der Waals surface area contributed by atoms with Crippen LogP contribution in [-0.2, 0) is 11.2 Å². The van der Waals surface area contributed by atoms with Crippen molar-refractivity contribution in [3.05, 3.63) is 63.4 Å². The number of carbonyl (C=O) groups is 1. The molecular formula is C21H19F2N3O5. The first-order valence-electron chi connectivity index (χ1n) is 9.64. The molecule has 4 rings (SSSR count). The fraction of sp³-hybridized carbons (Fsp3) is 0.286. The Morgan fingerprint density at radius 3 is 2.61 bits per heavy atom. The van der Waals surface area contributed by atoms with Crippen molar-refractivity contribution in [2.45, 2.75) is 12.8 Å². The van der Waals surface area contributed by atoms with Gasteiger partial charge < -0.3 is 20.0 Å². The number of carbonyl (C=O) groups excluding carboxylic acids is 1. The molecule has 0 amide bonds. The first-order chi connectivity index (χ1) is 14.9. The Balaban J connectivity index is 1.66. The Bertz CT molecular complexity index is 1220. The second kappa shape index (κ2) is 8.31. The lowest BCUT2D eigenvalue weighted by atomic mass is 10.0. The van der Waals surface area contributed by atoms with Gasteiger partial charge in [0.15, 0.2) is 11.4 Å². The summed E-state index contributed by atoms with van der Waals surface area (Å²) in [4.78, 5) is 31.4. The van der Waals surface area contributed by atoms with E-state index in [9.17, 15) is 28.7 Å². The van der Waals surface area contributed by atoms with E-state index in [-0.39, 0.29) is 34.2 Å². The lowest BCUT2D eigenvalue weighted by Gasteiger charge is -2.28. The molecule has 1 aromatic carbocycles. The zero-order valence-corrected chi connectivity index (χ0v) is 16.3. The van der Waals surface area contributed by atoms with Gasteiger partial charge in [-0.25, -0.2) is 13.8 Å². The number of nitrogens with zero attached hydrogens (tertiary/aromatic N) is 3. The number of ketones is 1. The minimum atomic E-state index is -1.12. The first kappa shape index (κ1) is 20.7. The average Bonchev–Trinajstić information content (AvgIpc) is 2.77. The summed E-state index contributed by atoms with van der Waals surface area (Å²) in [5.74, 6) is -2.45. The van der Waals surface area contributed by atoms with Crippen LogP contribution in [0.5, 0.6) is 5.75 Å². The van der Waals surface area contributed by atoms with Crippen LogP contribution >= 0.6 is 0 Å². The summed E-state index contributed by atoms with van der Waals surface area (Å²) in [7, 11) is 0. The van der Waals surface area contributed by atoms with Crippen molar-refractivity contribution in [3.8, 4) is 5.75 Å². The summed E-state index contributed by atoms with van der Waals surface area (Å²) >= 11 is 0. The molecule has 1 aliphatic heterocycles. The van der Waals surface area contributed by atoms with E-state index in [4.69, 9.17) is 4.74 Å². The molecular weight excluding hydrogens is 412 g/mol. The molecule has 2 N–H and O–H groups in total. The molecule has 0 saturated carbocycles. The second-order valence-electron chi connectivity index (χ2n) is 7.14. The summed E-state index contributed by atoms with van der Waals surface area (Å²) in [6.45, 7) is 2.19. The number of benzene rings is 1. The molecule has 3 heterocycles. The summed E-state index contributed by atoms with van der Waals surface area (Å²) in [6.07, 6.45) is -0.433. The molecule has 0 bridgehead atoms. The van der Waals surface area contributed by atoms with Gasteiger partial charge in [0.2, 0.25) is 0 Å². The summed E-state index contributed by atoms with van der Waals surface area (Å²) in [5, 5.41) is 20.9. The molecule has 1 fully saturated rings. The van der Waals surface area contributed by atoms with Crippen molar-refractivity contribution in [2.75, 3.05) is 31.2 Å². The quantitative estimate of drug-likeness (QED) is 0.472. The highest BCUT2D eigenvalue weighted by molar-refractivity contribution is 6.03. The third-order valence-corrected chi connectivity index (χ3v) is 5.21. The molecule has 8 nitrogen and oxygen atoms in total. The second-order valence-corrected chi connectivity index (χ2v) is 7.14. The van der Waals surface area contributed by atoms with E-state index >= 15 is 0 Å². The number of Topliss-reactive ketones (excluding diaryl/α,β-unsaturated/α-hetero) is 1. The fourth-order valence-electron chi connectivity index (χ4n) is 3.54. The molecule has 162 valence electrons. The van der Waals surface area contributed by atoms with Gasteiger partial charge in [0, 0.05) is 25.6 Å². The summed E-state index contributed by atoms with van der Waals surface area (Å²) in [6, 6.07) is 6.05. The molecule has 0 spiro atoms. The molecule has 31 heavy (non-hydrogen) atoms. The zero-order chi connectivity index (χ0) is 22.1. The third kappa shape index (κ3) is 3.93. The van der Waals surface area contributed by atoms with E-state index in [1.165, 1.54) is 12.1 Å². The lowest BCUT2D eigenvalue weighted by Crippen LogP contribution is -2.37. The van der Waals surface area contributed by atoms with E-state index in [0.717, 1.165) is 6.07 Å². The number of aryl methyl sites for hydroxylation is 1. The average molecular weight is 431 g/mol. The maximum atomic E-state index is 13.8. The topological polar surface area (TPSA) is 105 Å². The number of anilines is 1. The van der Waals surface area contributed by atoms with Crippen LogP contribution in [-0.4, -0.2) is 52.1 Å². The Labute approximate surface area is 174 Å². The minimum absolute atomic E-state index is 0.0235. The Kier molecular flexibility index (Phi) is 5.55. The van der Waals surface area contributed by atoms with Crippen LogP contribution in [0, 0.1) is 11.6 Å². The maximum absolute atomic E-state index is 13.8.